The third kappa shape index (κ3) is 6.10. The van der Waals surface area contributed by atoms with Crippen molar-refractivity contribution in [2.45, 2.75) is 20.1 Å². The summed E-state index contributed by atoms with van der Waals surface area (Å²) in [6, 6.07) is 26.9. The molecule has 0 saturated heterocycles. The number of benzene rings is 2. The highest BCUT2D eigenvalue weighted by Gasteiger charge is 2.16. The van der Waals surface area contributed by atoms with Crippen molar-refractivity contribution in [1.82, 2.24) is 19.7 Å². The SMILES string of the molecule is COc1cc(COc2cc(/C=C/c3ccccn3)n(-c3ccccc3)n2)ccc1OCc1nc(-c2ccco2)oc1C. The second-order valence-electron chi connectivity index (χ2n) is 9.30. The molecule has 210 valence electrons. The molecule has 9 heteroatoms. The van der Waals surface area contributed by atoms with Gasteiger partial charge >= 0.3 is 0 Å². The number of aromatic nitrogens is 4. The second-order valence-corrected chi connectivity index (χ2v) is 9.30. The minimum absolute atomic E-state index is 0.216. The molecule has 0 atom stereocenters. The maximum atomic E-state index is 6.10. The lowest BCUT2D eigenvalue weighted by atomic mass is 10.2. The Morgan fingerprint density at radius 2 is 1.74 bits per heavy atom. The van der Waals surface area contributed by atoms with Crippen LogP contribution >= 0.6 is 0 Å². The van der Waals surface area contributed by atoms with Crippen LogP contribution in [0, 0.1) is 6.92 Å². The van der Waals surface area contributed by atoms with Crippen LogP contribution in [0.15, 0.2) is 106 Å². The summed E-state index contributed by atoms with van der Waals surface area (Å²) in [5, 5.41) is 4.70. The normalized spacial score (nSPS) is 11.2. The lowest BCUT2D eigenvalue weighted by Crippen LogP contribution is -2.02. The van der Waals surface area contributed by atoms with Crippen molar-refractivity contribution in [2.75, 3.05) is 7.11 Å². The van der Waals surface area contributed by atoms with Crippen molar-refractivity contribution in [3.8, 4) is 34.7 Å². The van der Waals surface area contributed by atoms with Crippen LogP contribution in [0.25, 0.3) is 29.5 Å². The first-order valence-corrected chi connectivity index (χ1v) is 13.3. The van der Waals surface area contributed by atoms with Gasteiger partial charge in [-0.15, -0.1) is 5.10 Å². The Hall–Kier alpha value is -5.57. The topological polar surface area (TPSA) is 97.6 Å². The first-order chi connectivity index (χ1) is 20.7. The molecule has 2 aromatic carbocycles. The minimum Gasteiger partial charge on any atom is -0.493 e. The number of nitrogens with zero attached hydrogens (tertiary/aromatic N) is 4. The molecule has 6 rings (SSSR count). The molecule has 0 bridgehead atoms. The molecule has 0 aliphatic carbocycles. The molecule has 0 spiro atoms. The van der Waals surface area contributed by atoms with E-state index in [2.05, 4.69) is 9.97 Å². The van der Waals surface area contributed by atoms with Gasteiger partial charge < -0.3 is 23.0 Å². The van der Waals surface area contributed by atoms with Gasteiger partial charge in [-0.2, -0.15) is 0 Å². The molecule has 0 unspecified atom stereocenters. The number of ether oxygens (including phenoxy) is 3. The summed E-state index contributed by atoms with van der Waals surface area (Å²) < 4.78 is 30.7. The molecule has 9 nitrogen and oxygen atoms in total. The van der Waals surface area contributed by atoms with E-state index >= 15 is 0 Å². The molecule has 4 aromatic heterocycles. The summed E-state index contributed by atoms with van der Waals surface area (Å²) >= 11 is 0. The fourth-order valence-electron chi connectivity index (χ4n) is 4.28. The van der Waals surface area contributed by atoms with Crippen molar-refractivity contribution < 1.29 is 23.0 Å². The van der Waals surface area contributed by atoms with E-state index in [4.69, 9.17) is 28.1 Å². The number of para-hydroxylation sites is 1. The Labute approximate surface area is 242 Å². The van der Waals surface area contributed by atoms with Gasteiger partial charge in [0.2, 0.25) is 5.88 Å². The molecule has 0 saturated carbocycles. The number of furan rings is 1. The molecule has 6 aromatic rings. The van der Waals surface area contributed by atoms with Gasteiger partial charge in [0.25, 0.3) is 5.89 Å². The van der Waals surface area contributed by atoms with Crippen LogP contribution in [0.4, 0.5) is 0 Å². The molecule has 0 N–H and O–H groups in total. The number of methoxy groups -OCH3 is 1. The Kier molecular flexibility index (Phi) is 7.80. The molecule has 0 radical (unpaired) electrons. The molecule has 0 aliphatic heterocycles. The van der Waals surface area contributed by atoms with Gasteiger partial charge in [-0.05, 0) is 73.2 Å². The smallest absolute Gasteiger partial charge is 0.263 e. The third-order valence-electron chi connectivity index (χ3n) is 6.43. The van der Waals surface area contributed by atoms with E-state index < -0.39 is 0 Å². The summed E-state index contributed by atoms with van der Waals surface area (Å²) in [7, 11) is 1.60. The molecule has 0 amide bonds. The van der Waals surface area contributed by atoms with E-state index in [9.17, 15) is 0 Å². The van der Waals surface area contributed by atoms with Crippen molar-refractivity contribution in [3.05, 3.63) is 126 Å². The molecule has 4 heterocycles. The maximum absolute atomic E-state index is 6.10. The largest absolute Gasteiger partial charge is 0.493 e. The summed E-state index contributed by atoms with van der Waals surface area (Å²) in [5.74, 6) is 3.30. The lowest BCUT2D eigenvalue weighted by Gasteiger charge is -2.12. The first-order valence-electron chi connectivity index (χ1n) is 13.3. The van der Waals surface area contributed by atoms with Gasteiger partial charge in [0, 0.05) is 12.3 Å². The molecule has 0 aliphatic rings. The number of oxazole rings is 1. The van der Waals surface area contributed by atoms with Crippen LogP contribution in [0.5, 0.6) is 17.4 Å². The van der Waals surface area contributed by atoms with Crippen LogP contribution < -0.4 is 14.2 Å². The van der Waals surface area contributed by atoms with Gasteiger partial charge in [0.15, 0.2) is 17.3 Å². The lowest BCUT2D eigenvalue weighted by molar-refractivity contribution is 0.275. The zero-order valence-electron chi connectivity index (χ0n) is 23.1. The van der Waals surface area contributed by atoms with Crippen molar-refractivity contribution in [2.24, 2.45) is 0 Å². The predicted octanol–water partition coefficient (Wildman–Crippen LogP) is 7.16. The number of aryl methyl sites for hydroxylation is 1. The minimum atomic E-state index is 0.216. The molecular weight excluding hydrogens is 532 g/mol. The van der Waals surface area contributed by atoms with E-state index in [0.717, 1.165) is 22.6 Å². The Bertz CT molecular complexity index is 1770. The van der Waals surface area contributed by atoms with Crippen LogP contribution in [0.3, 0.4) is 0 Å². The van der Waals surface area contributed by atoms with Crippen LogP contribution in [0.2, 0.25) is 0 Å². The van der Waals surface area contributed by atoms with E-state index in [1.807, 2.05) is 96.6 Å². The molecular formula is C33H28N4O5. The Balaban J connectivity index is 1.15. The number of hydrogen-bond acceptors (Lipinski definition) is 8. The van der Waals surface area contributed by atoms with Gasteiger partial charge in [-0.25, -0.2) is 9.67 Å². The zero-order chi connectivity index (χ0) is 28.7. The highest BCUT2D eigenvalue weighted by atomic mass is 16.5. The van der Waals surface area contributed by atoms with Crippen LogP contribution in [-0.4, -0.2) is 26.9 Å². The number of hydrogen-bond donors (Lipinski definition) is 0. The summed E-state index contributed by atoms with van der Waals surface area (Å²) in [6.07, 6.45) is 7.26. The van der Waals surface area contributed by atoms with Crippen LogP contribution in [-0.2, 0) is 13.2 Å². The second kappa shape index (κ2) is 12.3. The van der Waals surface area contributed by atoms with Gasteiger partial charge in [-0.1, -0.05) is 30.3 Å². The molecule has 42 heavy (non-hydrogen) atoms. The van der Waals surface area contributed by atoms with Crippen molar-refractivity contribution in [1.29, 1.82) is 0 Å². The Morgan fingerprint density at radius 1 is 0.857 bits per heavy atom. The molecule has 0 fully saturated rings. The number of pyridine rings is 1. The summed E-state index contributed by atoms with van der Waals surface area (Å²) in [6.45, 7) is 2.35. The van der Waals surface area contributed by atoms with E-state index in [-0.39, 0.29) is 6.61 Å². The standard InChI is InChI=1S/C33H28N4O5/c1-23-28(35-33(42-23)30-12-8-18-39-30)22-40-29-16-13-24(19-31(29)38-2)21-41-32-20-27(15-14-25-9-6-7-17-34-25)37(36-32)26-10-4-3-5-11-26/h3-20H,21-22H2,1-2H3/b15-14+. The number of rotatable bonds is 11. The van der Waals surface area contributed by atoms with Gasteiger partial charge in [-0.3, -0.25) is 4.98 Å². The van der Waals surface area contributed by atoms with Crippen LogP contribution in [0.1, 0.15) is 28.4 Å². The highest BCUT2D eigenvalue weighted by molar-refractivity contribution is 5.67. The first kappa shape index (κ1) is 26.6. The quantitative estimate of drug-likeness (QED) is 0.165. The third-order valence-corrected chi connectivity index (χ3v) is 6.43. The Morgan fingerprint density at radius 3 is 2.52 bits per heavy atom. The van der Waals surface area contributed by atoms with E-state index in [1.54, 1.807) is 31.7 Å². The van der Waals surface area contributed by atoms with Crippen molar-refractivity contribution >= 4 is 12.2 Å². The van der Waals surface area contributed by atoms with Gasteiger partial charge in [0.05, 0.1) is 30.4 Å². The maximum Gasteiger partial charge on any atom is 0.263 e. The fourth-order valence-corrected chi connectivity index (χ4v) is 4.28. The van der Waals surface area contributed by atoms with Crippen molar-refractivity contribution in [3.63, 3.8) is 0 Å². The van der Waals surface area contributed by atoms with Gasteiger partial charge in [0.1, 0.15) is 24.7 Å². The summed E-state index contributed by atoms with van der Waals surface area (Å²) in [4.78, 5) is 8.87. The van der Waals surface area contributed by atoms with E-state index in [0.29, 0.717) is 47.1 Å². The highest BCUT2D eigenvalue weighted by Crippen LogP contribution is 2.30. The van der Waals surface area contributed by atoms with E-state index in [1.165, 1.54) is 0 Å². The fraction of sp³-hybridized carbons (Fsp3) is 0.121. The average molecular weight is 561 g/mol. The monoisotopic (exact) mass is 560 g/mol. The predicted molar refractivity (Wildman–Crippen MR) is 157 cm³/mol. The average Bonchev–Trinajstić information content (AvgIpc) is 3.79. The summed E-state index contributed by atoms with van der Waals surface area (Å²) in [5.41, 5.74) is 4.22. The zero-order valence-corrected chi connectivity index (χ0v) is 23.1.